The predicted octanol–water partition coefficient (Wildman–Crippen LogP) is 1.68. The molecule has 23 heavy (non-hydrogen) atoms. The summed E-state index contributed by atoms with van der Waals surface area (Å²) in [5, 5.41) is 0. The van der Waals surface area contributed by atoms with Gasteiger partial charge in [0, 0.05) is 14.1 Å². The number of hydrogen-bond acceptors (Lipinski definition) is 5. The summed E-state index contributed by atoms with van der Waals surface area (Å²) in [6, 6.07) is 0. The van der Waals surface area contributed by atoms with Crippen molar-refractivity contribution in [1.82, 2.24) is 9.80 Å². The molecule has 0 saturated heterocycles. The molecule has 0 bridgehead atoms. The smallest absolute Gasteiger partial charge is 0.410 e. The summed E-state index contributed by atoms with van der Waals surface area (Å²) in [6.45, 7) is 7.75. The van der Waals surface area contributed by atoms with Crippen LogP contribution in [0.5, 0.6) is 0 Å². The van der Waals surface area contributed by atoms with E-state index in [9.17, 15) is 14.4 Å². The van der Waals surface area contributed by atoms with E-state index in [0.29, 0.717) is 12.5 Å². The molecule has 0 N–H and O–H groups in total. The summed E-state index contributed by atoms with van der Waals surface area (Å²) < 4.78 is 9.88. The molecule has 0 unspecified atom stereocenters. The van der Waals surface area contributed by atoms with Crippen molar-refractivity contribution in [3.63, 3.8) is 0 Å². The number of ether oxygens (including phenoxy) is 2. The van der Waals surface area contributed by atoms with Crippen LogP contribution in [0, 0.1) is 5.92 Å². The van der Waals surface area contributed by atoms with Crippen molar-refractivity contribution >= 4 is 18.0 Å². The molecule has 0 atom stereocenters. The van der Waals surface area contributed by atoms with Crippen LogP contribution in [0.25, 0.3) is 0 Å². The summed E-state index contributed by atoms with van der Waals surface area (Å²) in [6.07, 6.45) is 2.61. The van der Waals surface area contributed by atoms with Crippen LogP contribution in [-0.4, -0.2) is 68.2 Å². The highest BCUT2D eigenvalue weighted by Gasteiger charge is 2.19. The van der Waals surface area contributed by atoms with Crippen molar-refractivity contribution in [3.05, 3.63) is 12.7 Å². The van der Waals surface area contributed by atoms with Gasteiger partial charge in [-0.25, -0.2) is 4.79 Å². The van der Waals surface area contributed by atoms with E-state index in [1.807, 2.05) is 0 Å². The molecule has 0 saturated carbocycles. The molecular weight excluding hydrogens is 300 g/mol. The fraction of sp³-hybridized carbons (Fsp3) is 0.688. The van der Waals surface area contributed by atoms with Crippen molar-refractivity contribution in [3.8, 4) is 0 Å². The average Bonchev–Trinajstić information content (AvgIpc) is 2.48. The van der Waals surface area contributed by atoms with E-state index in [0.717, 1.165) is 17.7 Å². The molecule has 0 aliphatic heterocycles. The largest absolute Gasteiger partial charge is 0.464 e. The van der Waals surface area contributed by atoms with Crippen molar-refractivity contribution in [1.29, 1.82) is 0 Å². The van der Waals surface area contributed by atoms with Gasteiger partial charge in [-0.1, -0.05) is 26.5 Å². The van der Waals surface area contributed by atoms with Gasteiger partial charge >= 0.3 is 12.1 Å². The van der Waals surface area contributed by atoms with Crippen LogP contribution < -0.4 is 0 Å². The minimum Gasteiger partial charge on any atom is -0.464 e. The van der Waals surface area contributed by atoms with Crippen LogP contribution in [0.1, 0.15) is 26.7 Å². The van der Waals surface area contributed by atoms with Crippen molar-refractivity contribution < 1.29 is 23.9 Å². The minimum atomic E-state index is -0.622. The van der Waals surface area contributed by atoms with Gasteiger partial charge in [0.15, 0.2) is 0 Å². The van der Waals surface area contributed by atoms with Crippen molar-refractivity contribution in [2.75, 3.05) is 40.4 Å². The Balaban J connectivity index is 4.06. The number of hydrogen-bond donors (Lipinski definition) is 0. The molecule has 0 rings (SSSR count). The topological polar surface area (TPSA) is 76.2 Å². The maximum atomic E-state index is 11.9. The molecule has 0 aliphatic carbocycles. The van der Waals surface area contributed by atoms with Gasteiger partial charge in [0.1, 0.15) is 19.7 Å². The summed E-state index contributed by atoms with van der Waals surface area (Å²) in [4.78, 5) is 37.4. The summed E-state index contributed by atoms with van der Waals surface area (Å²) in [5.74, 6) is -0.266. The van der Waals surface area contributed by atoms with Gasteiger partial charge in [0.25, 0.3) is 0 Å². The third-order valence-electron chi connectivity index (χ3n) is 2.99. The molecule has 0 aliphatic rings. The zero-order valence-electron chi connectivity index (χ0n) is 14.5. The fourth-order valence-electron chi connectivity index (χ4n) is 1.63. The zero-order valence-corrected chi connectivity index (χ0v) is 14.5. The predicted molar refractivity (Wildman–Crippen MR) is 86.8 cm³/mol. The van der Waals surface area contributed by atoms with Crippen LogP contribution in [-0.2, 0) is 19.1 Å². The SMILES string of the molecule is C=CCOC(=O)N(C)CC(=O)N(C)CC(=O)OCCCC(C)C. The van der Waals surface area contributed by atoms with Gasteiger partial charge in [-0.2, -0.15) is 0 Å². The molecule has 7 nitrogen and oxygen atoms in total. The lowest BCUT2D eigenvalue weighted by Gasteiger charge is -2.21. The Kier molecular flexibility index (Phi) is 10.5. The highest BCUT2D eigenvalue weighted by atomic mass is 16.6. The van der Waals surface area contributed by atoms with E-state index >= 15 is 0 Å². The summed E-state index contributed by atoms with van der Waals surface area (Å²) in [5.41, 5.74) is 0. The molecular formula is C16H28N2O5. The molecule has 0 aromatic rings. The Hall–Kier alpha value is -2.05. The average molecular weight is 328 g/mol. The van der Waals surface area contributed by atoms with Crippen LogP contribution >= 0.6 is 0 Å². The quantitative estimate of drug-likeness (QED) is 0.346. The maximum Gasteiger partial charge on any atom is 0.410 e. The molecule has 0 fully saturated rings. The Morgan fingerprint density at radius 1 is 1.09 bits per heavy atom. The Morgan fingerprint density at radius 2 is 1.74 bits per heavy atom. The van der Waals surface area contributed by atoms with Gasteiger partial charge in [0.2, 0.25) is 5.91 Å². The van der Waals surface area contributed by atoms with Gasteiger partial charge in [-0.15, -0.1) is 0 Å². The summed E-state index contributed by atoms with van der Waals surface area (Å²) >= 11 is 0. The van der Waals surface area contributed by atoms with E-state index in [1.54, 1.807) is 0 Å². The lowest BCUT2D eigenvalue weighted by Crippen LogP contribution is -2.41. The second-order valence-electron chi connectivity index (χ2n) is 5.73. The number of nitrogens with zero attached hydrogens (tertiary/aromatic N) is 2. The normalized spacial score (nSPS) is 10.1. The van der Waals surface area contributed by atoms with Crippen LogP contribution in [0.3, 0.4) is 0 Å². The Bertz CT molecular complexity index is 409. The van der Waals surface area contributed by atoms with Gasteiger partial charge < -0.3 is 19.3 Å². The second-order valence-corrected chi connectivity index (χ2v) is 5.73. The zero-order chi connectivity index (χ0) is 17.8. The van der Waals surface area contributed by atoms with Gasteiger partial charge in [0.05, 0.1) is 6.61 Å². The van der Waals surface area contributed by atoms with Crippen molar-refractivity contribution in [2.24, 2.45) is 5.92 Å². The Labute approximate surface area is 138 Å². The van der Waals surface area contributed by atoms with E-state index in [1.165, 1.54) is 25.1 Å². The lowest BCUT2D eigenvalue weighted by atomic mass is 10.1. The van der Waals surface area contributed by atoms with Crippen LogP contribution in [0.4, 0.5) is 4.79 Å². The number of carbonyl (C=O) groups is 3. The number of amides is 2. The first-order chi connectivity index (χ1) is 10.8. The molecule has 2 amide bonds. The third-order valence-corrected chi connectivity index (χ3v) is 2.99. The number of esters is 1. The first kappa shape index (κ1) is 20.9. The lowest BCUT2D eigenvalue weighted by molar-refractivity contribution is -0.148. The summed E-state index contributed by atoms with van der Waals surface area (Å²) in [7, 11) is 2.93. The highest BCUT2D eigenvalue weighted by molar-refractivity contribution is 5.85. The molecule has 0 heterocycles. The number of likely N-dealkylation sites (N-methyl/N-ethyl adjacent to an activating group) is 2. The van der Waals surface area contributed by atoms with Gasteiger partial charge in [-0.3, -0.25) is 9.59 Å². The first-order valence-electron chi connectivity index (χ1n) is 7.66. The van der Waals surface area contributed by atoms with Crippen LogP contribution in [0.2, 0.25) is 0 Å². The monoisotopic (exact) mass is 328 g/mol. The van der Waals surface area contributed by atoms with Crippen LogP contribution in [0.15, 0.2) is 12.7 Å². The van der Waals surface area contributed by atoms with Gasteiger partial charge in [-0.05, 0) is 18.8 Å². The molecule has 0 aromatic carbocycles. The van der Waals surface area contributed by atoms with E-state index in [2.05, 4.69) is 20.4 Å². The molecule has 0 radical (unpaired) electrons. The molecule has 0 spiro atoms. The number of rotatable bonds is 10. The van der Waals surface area contributed by atoms with E-state index in [4.69, 9.17) is 9.47 Å². The maximum absolute atomic E-state index is 11.9. The minimum absolute atomic E-state index is 0.0793. The number of carbonyl (C=O) groups excluding carboxylic acids is 3. The Morgan fingerprint density at radius 3 is 2.30 bits per heavy atom. The molecule has 0 aromatic heterocycles. The van der Waals surface area contributed by atoms with E-state index < -0.39 is 12.1 Å². The van der Waals surface area contributed by atoms with Crippen molar-refractivity contribution in [2.45, 2.75) is 26.7 Å². The highest BCUT2D eigenvalue weighted by Crippen LogP contribution is 2.03. The second kappa shape index (κ2) is 11.5. The standard InChI is InChI=1S/C16H28N2O5/c1-6-9-23-16(21)18(5)11-14(19)17(4)12-15(20)22-10-7-8-13(2)3/h6,13H,1,7-12H2,2-5H3. The molecule has 7 heteroatoms. The van der Waals surface area contributed by atoms with E-state index in [-0.39, 0.29) is 25.6 Å². The third kappa shape index (κ3) is 10.3. The fourth-order valence-corrected chi connectivity index (χ4v) is 1.63. The first-order valence-corrected chi connectivity index (χ1v) is 7.66. The molecule has 132 valence electrons.